The minimum Gasteiger partial charge on any atom is -0.497 e. The maximum atomic E-state index is 12.4. The Morgan fingerprint density at radius 1 is 1.04 bits per heavy atom. The van der Waals surface area contributed by atoms with E-state index in [1.165, 1.54) is 11.1 Å². The Morgan fingerprint density at radius 3 is 2.67 bits per heavy atom. The predicted octanol–water partition coefficient (Wildman–Crippen LogP) is 4.42. The van der Waals surface area contributed by atoms with Gasteiger partial charge in [0.1, 0.15) is 11.5 Å². The standard InChI is InChI=1S/C23H23NO3/c1-26-19-11-9-16-10-12-20(14-18(16)13-19)27-15-23(25)24-22-8-4-6-17-5-2-3-7-21(17)22/h2-3,5,7,9-14,22H,4,6,8,15H2,1H3,(H,24,25). The zero-order valence-corrected chi connectivity index (χ0v) is 15.4. The number of hydrogen-bond donors (Lipinski definition) is 1. The van der Waals surface area contributed by atoms with E-state index in [0.29, 0.717) is 5.75 Å². The number of benzene rings is 3. The second kappa shape index (κ2) is 7.70. The van der Waals surface area contributed by atoms with Crippen molar-refractivity contribution in [2.75, 3.05) is 13.7 Å². The predicted molar refractivity (Wildman–Crippen MR) is 106 cm³/mol. The van der Waals surface area contributed by atoms with Crippen LogP contribution in [0.1, 0.15) is 30.0 Å². The number of amides is 1. The minimum absolute atomic E-state index is 0.00808. The lowest BCUT2D eigenvalue weighted by Crippen LogP contribution is -2.34. The van der Waals surface area contributed by atoms with Gasteiger partial charge in [-0.1, -0.05) is 36.4 Å². The molecule has 27 heavy (non-hydrogen) atoms. The van der Waals surface area contributed by atoms with Crippen LogP contribution in [0.2, 0.25) is 0 Å². The molecule has 1 aliphatic rings. The number of aryl methyl sites for hydroxylation is 1. The summed E-state index contributed by atoms with van der Waals surface area (Å²) in [7, 11) is 1.65. The van der Waals surface area contributed by atoms with Gasteiger partial charge in [0.25, 0.3) is 5.91 Å². The molecule has 0 heterocycles. The molecule has 0 saturated heterocycles. The van der Waals surface area contributed by atoms with E-state index in [1.54, 1.807) is 7.11 Å². The van der Waals surface area contributed by atoms with Crippen molar-refractivity contribution in [3.63, 3.8) is 0 Å². The van der Waals surface area contributed by atoms with Crippen molar-refractivity contribution >= 4 is 16.7 Å². The number of carbonyl (C=O) groups excluding carboxylic acids is 1. The van der Waals surface area contributed by atoms with Crippen LogP contribution in [0.15, 0.2) is 60.7 Å². The lowest BCUT2D eigenvalue weighted by molar-refractivity contribution is -0.123. The lowest BCUT2D eigenvalue weighted by atomic mass is 9.88. The van der Waals surface area contributed by atoms with Crippen molar-refractivity contribution < 1.29 is 14.3 Å². The number of ether oxygens (including phenoxy) is 2. The Balaban J connectivity index is 1.40. The first kappa shape index (κ1) is 17.4. The molecule has 1 unspecified atom stereocenters. The van der Waals surface area contributed by atoms with Crippen LogP contribution in [0.3, 0.4) is 0 Å². The zero-order valence-electron chi connectivity index (χ0n) is 15.4. The van der Waals surface area contributed by atoms with Gasteiger partial charge < -0.3 is 14.8 Å². The van der Waals surface area contributed by atoms with Crippen molar-refractivity contribution in [3.8, 4) is 11.5 Å². The third-order valence-corrected chi connectivity index (χ3v) is 5.09. The molecule has 1 atom stereocenters. The van der Waals surface area contributed by atoms with Crippen molar-refractivity contribution in [1.29, 1.82) is 0 Å². The summed E-state index contributed by atoms with van der Waals surface area (Å²) < 4.78 is 11.0. The summed E-state index contributed by atoms with van der Waals surface area (Å²) >= 11 is 0. The molecule has 0 aromatic heterocycles. The van der Waals surface area contributed by atoms with E-state index in [4.69, 9.17) is 9.47 Å². The topological polar surface area (TPSA) is 47.6 Å². The second-order valence-electron chi connectivity index (χ2n) is 6.87. The number of rotatable bonds is 5. The number of carbonyl (C=O) groups is 1. The molecule has 4 rings (SSSR count). The molecule has 0 aliphatic heterocycles. The monoisotopic (exact) mass is 361 g/mol. The van der Waals surface area contributed by atoms with E-state index in [0.717, 1.165) is 35.8 Å². The van der Waals surface area contributed by atoms with Gasteiger partial charge in [-0.2, -0.15) is 0 Å². The fraction of sp³-hybridized carbons (Fsp3) is 0.261. The molecule has 3 aromatic carbocycles. The highest BCUT2D eigenvalue weighted by Gasteiger charge is 2.21. The van der Waals surface area contributed by atoms with Crippen LogP contribution in [-0.2, 0) is 11.2 Å². The van der Waals surface area contributed by atoms with Gasteiger partial charge in [-0.15, -0.1) is 0 Å². The van der Waals surface area contributed by atoms with E-state index in [-0.39, 0.29) is 18.6 Å². The van der Waals surface area contributed by atoms with E-state index in [1.807, 2.05) is 42.5 Å². The van der Waals surface area contributed by atoms with Gasteiger partial charge in [-0.3, -0.25) is 4.79 Å². The summed E-state index contributed by atoms with van der Waals surface area (Å²) in [6, 6.07) is 20.1. The normalized spacial score (nSPS) is 15.8. The molecule has 4 nitrogen and oxygen atoms in total. The fourth-order valence-electron chi connectivity index (χ4n) is 3.71. The highest BCUT2D eigenvalue weighted by Crippen LogP contribution is 2.29. The molecular weight excluding hydrogens is 338 g/mol. The van der Waals surface area contributed by atoms with Crippen LogP contribution in [0, 0.1) is 0 Å². The van der Waals surface area contributed by atoms with E-state index < -0.39 is 0 Å². The van der Waals surface area contributed by atoms with Gasteiger partial charge in [-0.05, 0) is 65.4 Å². The Morgan fingerprint density at radius 2 is 1.81 bits per heavy atom. The highest BCUT2D eigenvalue weighted by molar-refractivity contribution is 5.85. The number of hydrogen-bond acceptors (Lipinski definition) is 3. The van der Waals surface area contributed by atoms with Crippen LogP contribution >= 0.6 is 0 Å². The van der Waals surface area contributed by atoms with Crippen molar-refractivity contribution in [3.05, 3.63) is 71.8 Å². The van der Waals surface area contributed by atoms with Crippen molar-refractivity contribution in [1.82, 2.24) is 5.32 Å². The molecule has 1 aliphatic carbocycles. The SMILES string of the molecule is COc1ccc2ccc(OCC(=O)NC3CCCc4ccccc43)cc2c1. The first-order valence-corrected chi connectivity index (χ1v) is 9.31. The van der Waals surface area contributed by atoms with Crippen LogP contribution < -0.4 is 14.8 Å². The van der Waals surface area contributed by atoms with Crippen molar-refractivity contribution in [2.24, 2.45) is 0 Å². The van der Waals surface area contributed by atoms with Gasteiger partial charge in [0.05, 0.1) is 13.2 Å². The lowest BCUT2D eigenvalue weighted by Gasteiger charge is -2.26. The molecule has 0 bridgehead atoms. The van der Waals surface area contributed by atoms with Crippen LogP contribution in [-0.4, -0.2) is 19.6 Å². The third-order valence-electron chi connectivity index (χ3n) is 5.09. The van der Waals surface area contributed by atoms with Crippen LogP contribution in [0.5, 0.6) is 11.5 Å². The molecule has 1 amide bonds. The quantitative estimate of drug-likeness (QED) is 0.732. The van der Waals surface area contributed by atoms with Gasteiger partial charge >= 0.3 is 0 Å². The summed E-state index contributed by atoms with van der Waals surface area (Å²) in [5, 5.41) is 5.24. The molecule has 1 N–H and O–H groups in total. The summed E-state index contributed by atoms with van der Waals surface area (Å²) in [5.41, 5.74) is 2.56. The number of nitrogens with one attached hydrogen (secondary N) is 1. The number of fused-ring (bicyclic) bond motifs is 2. The Kier molecular flexibility index (Phi) is 4.97. The maximum Gasteiger partial charge on any atom is 0.258 e. The Bertz CT molecular complexity index is 967. The minimum atomic E-state index is -0.0950. The molecule has 0 radical (unpaired) electrons. The molecule has 4 heteroatoms. The van der Waals surface area contributed by atoms with Gasteiger partial charge in [0.15, 0.2) is 6.61 Å². The van der Waals surface area contributed by atoms with Crippen LogP contribution in [0.25, 0.3) is 10.8 Å². The highest BCUT2D eigenvalue weighted by atomic mass is 16.5. The molecule has 138 valence electrons. The third kappa shape index (κ3) is 3.90. The number of methoxy groups -OCH3 is 1. The Labute approximate surface area is 159 Å². The van der Waals surface area contributed by atoms with E-state index in [9.17, 15) is 4.79 Å². The molecule has 0 fully saturated rings. The average Bonchev–Trinajstić information content (AvgIpc) is 2.72. The summed E-state index contributed by atoms with van der Waals surface area (Å²) in [6.07, 6.45) is 3.15. The van der Waals surface area contributed by atoms with Gasteiger partial charge in [-0.25, -0.2) is 0 Å². The second-order valence-corrected chi connectivity index (χ2v) is 6.87. The summed E-state index contributed by atoms with van der Waals surface area (Å²) in [4.78, 5) is 12.4. The van der Waals surface area contributed by atoms with E-state index >= 15 is 0 Å². The van der Waals surface area contributed by atoms with Gasteiger partial charge in [0, 0.05) is 0 Å². The Hall–Kier alpha value is -3.01. The molecular formula is C23H23NO3. The van der Waals surface area contributed by atoms with E-state index in [2.05, 4.69) is 23.5 Å². The summed E-state index contributed by atoms with van der Waals surface area (Å²) in [6.45, 7) is 0.00808. The zero-order chi connectivity index (χ0) is 18.6. The average molecular weight is 361 g/mol. The fourth-order valence-corrected chi connectivity index (χ4v) is 3.71. The molecule has 0 spiro atoms. The van der Waals surface area contributed by atoms with Crippen molar-refractivity contribution in [2.45, 2.75) is 25.3 Å². The summed E-state index contributed by atoms with van der Waals surface area (Å²) in [5.74, 6) is 1.38. The first-order chi connectivity index (χ1) is 13.2. The largest absolute Gasteiger partial charge is 0.497 e. The van der Waals surface area contributed by atoms with Gasteiger partial charge in [0.2, 0.25) is 0 Å². The smallest absolute Gasteiger partial charge is 0.258 e. The van der Waals surface area contributed by atoms with Crippen LogP contribution in [0.4, 0.5) is 0 Å². The molecule has 0 saturated carbocycles. The first-order valence-electron chi connectivity index (χ1n) is 9.31. The maximum absolute atomic E-state index is 12.4. The molecule has 3 aromatic rings.